The van der Waals surface area contributed by atoms with Crippen molar-refractivity contribution in [1.82, 2.24) is 5.32 Å². The molecule has 0 aromatic heterocycles. The summed E-state index contributed by atoms with van der Waals surface area (Å²) in [7, 11) is 1.60. The van der Waals surface area contributed by atoms with Crippen molar-refractivity contribution in [1.29, 1.82) is 5.26 Å². The lowest BCUT2D eigenvalue weighted by Crippen LogP contribution is -2.47. The van der Waals surface area contributed by atoms with Gasteiger partial charge >= 0.3 is 0 Å². The molecular weight excluding hydrogens is 228 g/mol. The monoisotopic (exact) mass is 248 g/mol. The number of rotatable bonds is 5. The van der Waals surface area contributed by atoms with E-state index < -0.39 is 11.6 Å². The van der Waals surface area contributed by atoms with Crippen LogP contribution in [0.3, 0.4) is 0 Å². The second kappa shape index (κ2) is 5.85. The van der Waals surface area contributed by atoms with Crippen LogP contribution in [-0.2, 0) is 6.54 Å². The Morgan fingerprint density at radius 2 is 2.17 bits per heavy atom. The summed E-state index contributed by atoms with van der Waals surface area (Å²) in [6.45, 7) is 6.14. The molecular formula is C14H20N2O2. The maximum Gasteiger partial charge on any atom is 0.123 e. The normalized spacial score (nSPS) is 12.9. The van der Waals surface area contributed by atoms with Gasteiger partial charge in [-0.2, -0.15) is 5.26 Å². The summed E-state index contributed by atoms with van der Waals surface area (Å²) in [5.41, 5.74) is 1.11. The van der Waals surface area contributed by atoms with Crippen LogP contribution in [-0.4, -0.2) is 23.9 Å². The predicted octanol–water partition coefficient (Wildman–Crippen LogP) is 1.82. The molecule has 1 aromatic rings. The molecule has 0 bridgehead atoms. The Bertz CT molecular complexity index is 448. The van der Waals surface area contributed by atoms with E-state index in [0.717, 1.165) is 11.3 Å². The fourth-order valence-electron chi connectivity index (χ4n) is 1.46. The molecule has 4 heteroatoms. The molecule has 0 saturated heterocycles. The maximum absolute atomic E-state index is 9.64. The molecule has 1 rings (SSSR count). The third kappa shape index (κ3) is 3.46. The van der Waals surface area contributed by atoms with Gasteiger partial charge in [0.2, 0.25) is 0 Å². The third-order valence-electron chi connectivity index (χ3n) is 3.19. The minimum absolute atomic E-state index is 0.395. The first kappa shape index (κ1) is 14.5. The molecule has 18 heavy (non-hydrogen) atoms. The molecule has 0 fully saturated rings. The number of benzene rings is 1. The molecule has 0 amide bonds. The number of nitrogens with zero attached hydrogens (tertiary/aromatic N) is 1. The fraction of sp³-hybridized carbons (Fsp3) is 0.500. The molecule has 0 spiro atoms. The fourth-order valence-corrected chi connectivity index (χ4v) is 1.46. The van der Waals surface area contributed by atoms with E-state index in [0.29, 0.717) is 12.1 Å². The molecule has 0 aliphatic carbocycles. The minimum atomic E-state index is -0.470. The molecule has 0 aliphatic rings. The van der Waals surface area contributed by atoms with E-state index in [4.69, 9.17) is 10.00 Å². The van der Waals surface area contributed by atoms with Crippen molar-refractivity contribution in [2.24, 2.45) is 0 Å². The van der Waals surface area contributed by atoms with E-state index in [1.807, 2.05) is 13.8 Å². The largest absolute Gasteiger partial charge is 0.496 e. The maximum atomic E-state index is 9.64. The summed E-state index contributed by atoms with van der Waals surface area (Å²) in [6, 6.07) is 7.41. The Balaban J connectivity index is 2.87. The van der Waals surface area contributed by atoms with Crippen LogP contribution in [0, 0.1) is 11.3 Å². The van der Waals surface area contributed by atoms with Gasteiger partial charge < -0.3 is 15.2 Å². The Hall–Kier alpha value is -1.57. The summed E-state index contributed by atoms with van der Waals surface area (Å²) >= 11 is 0. The molecule has 1 unspecified atom stereocenters. The highest BCUT2D eigenvalue weighted by molar-refractivity contribution is 5.42. The SMILES string of the molecule is COc1ccc(C#N)cc1CNC(C)(C)C(C)O. The molecule has 0 heterocycles. The summed E-state index contributed by atoms with van der Waals surface area (Å²) in [5.74, 6) is 0.739. The van der Waals surface area contributed by atoms with Crippen LogP contribution in [0.4, 0.5) is 0 Å². The van der Waals surface area contributed by atoms with Crippen LogP contribution in [0.25, 0.3) is 0 Å². The second-order valence-corrected chi connectivity index (χ2v) is 4.89. The van der Waals surface area contributed by atoms with Crippen LogP contribution in [0.5, 0.6) is 5.75 Å². The molecule has 1 aromatic carbocycles. The van der Waals surface area contributed by atoms with Gasteiger partial charge in [-0.3, -0.25) is 0 Å². The summed E-state index contributed by atoms with van der Waals surface area (Å²) in [6.07, 6.45) is -0.470. The average molecular weight is 248 g/mol. The van der Waals surface area contributed by atoms with Gasteiger partial charge in [-0.1, -0.05) is 0 Å². The first-order valence-corrected chi connectivity index (χ1v) is 5.91. The highest BCUT2D eigenvalue weighted by Gasteiger charge is 2.23. The molecule has 98 valence electrons. The zero-order valence-corrected chi connectivity index (χ0v) is 11.3. The Morgan fingerprint density at radius 1 is 1.50 bits per heavy atom. The summed E-state index contributed by atoms with van der Waals surface area (Å²) in [5, 5.41) is 21.8. The van der Waals surface area contributed by atoms with Gasteiger partial charge in [0.05, 0.1) is 24.8 Å². The number of aliphatic hydroxyl groups is 1. The molecule has 0 saturated carbocycles. The van der Waals surface area contributed by atoms with E-state index in [2.05, 4.69) is 11.4 Å². The quantitative estimate of drug-likeness (QED) is 0.834. The molecule has 4 nitrogen and oxygen atoms in total. The third-order valence-corrected chi connectivity index (χ3v) is 3.19. The van der Waals surface area contributed by atoms with Crippen molar-refractivity contribution in [2.45, 2.75) is 39.0 Å². The minimum Gasteiger partial charge on any atom is -0.496 e. The second-order valence-electron chi connectivity index (χ2n) is 4.89. The zero-order valence-electron chi connectivity index (χ0n) is 11.3. The smallest absolute Gasteiger partial charge is 0.123 e. The van der Waals surface area contributed by atoms with Crippen LogP contribution in [0.15, 0.2) is 18.2 Å². The molecule has 0 aliphatic heterocycles. The highest BCUT2D eigenvalue weighted by Crippen LogP contribution is 2.20. The van der Waals surface area contributed by atoms with Gasteiger partial charge in [0.15, 0.2) is 0 Å². The number of aliphatic hydroxyl groups excluding tert-OH is 1. The van der Waals surface area contributed by atoms with Crippen LogP contribution in [0.2, 0.25) is 0 Å². The summed E-state index contributed by atoms with van der Waals surface area (Å²) in [4.78, 5) is 0. The molecule has 0 radical (unpaired) electrons. The lowest BCUT2D eigenvalue weighted by atomic mass is 9.98. The van der Waals surface area contributed by atoms with Crippen LogP contribution >= 0.6 is 0 Å². The Morgan fingerprint density at radius 3 is 2.67 bits per heavy atom. The summed E-state index contributed by atoms with van der Waals surface area (Å²) < 4.78 is 5.26. The van der Waals surface area contributed by atoms with Crippen LogP contribution in [0.1, 0.15) is 31.9 Å². The lowest BCUT2D eigenvalue weighted by Gasteiger charge is -2.29. The number of methoxy groups -OCH3 is 1. The van der Waals surface area contributed by atoms with Crippen molar-refractivity contribution in [3.63, 3.8) is 0 Å². The van der Waals surface area contributed by atoms with Crippen molar-refractivity contribution < 1.29 is 9.84 Å². The number of nitriles is 1. The van der Waals surface area contributed by atoms with Gasteiger partial charge in [0.25, 0.3) is 0 Å². The number of hydrogen-bond acceptors (Lipinski definition) is 4. The van der Waals surface area contributed by atoms with Crippen molar-refractivity contribution in [3.8, 4) is 11.8 Å². The first-order chi connectivity index (χ1) is 8.40. The van der Waals surface area contributed by atoms with E-state index in [1.54, 1.807) is 32.2 Å². The van der Waals surface area contributed by atoms with E-state index >= 15 is 0 Å². The Kier molecular flexibility index (Phi) is 4.71. The predicted molar refractivity (Wildman–Crippen MR) is 70.3 cm³/mol. The van der Waals surface area contributed by atoms with Gasteiger partial charge in [-0.15, -0.1) is 0 Å². The van der Waals surface area contributed by atoms with E-state index in [9.17, 15) is 5.11 Å². The zero-order chi connectivity index (χ0) is 13.8. The number of hydrogen-bond donors (Lipinski definition) is 2. The molecule has 2 N–H and O–H groups in total. The average Bonchev–Trinajstić information content (AvgIpc) is 2.35. The van der Waals surface area contributed by atoms with Gasteiger partial charge in [-0.05, 0) is 39.0 Å². The van der Waals surface area contributed by atoms with Crippen molar-refractivity contribution >= 4 is 0 Å². The standard InChI is InChI=1S/C14H20N2O2/c1-10(17)14(2,3)16-9-12-7-11(8-15)5-6-13(12)18-4/h5-7,10,16-17H,9H2,1-4H3. The van der Waals surface area contributed by atoms with E-state index in [-0.39, 0.29) is 0 Å². The van der Waals surface area contributed by atoms with E-state index in [1.165, 1.54) is 0 Å². The topological polar surface area (TPSA) is 65.3 Å². The Labute approximate surface area is 108 Å². The first-order valence-electron chi connectivity index (χ1n) is 5.91. The highest BCUT2D eigenvalue weighted by atomic mass is 16.5. The van der Waals surface area contributed by atoms with Gasteiger partial charge in [0, 0.05) is 17.6 Å². The van der Waals surface area contributed by atoms with Gasteiger partial charge in [-0.25, -0.2) is 0 Å². The number of ether oxygens (including phenoxy) is 1. The molecule has 1 atom stereocenters. The van der Waals surface area contributed by atoms with Crippen molar-refractivity contribution in [2.75, 3.05) is 7.11 Å². The van der Waals surface area contributed by atoms with Crippen molar-refractivity contribution in [3.05, 3.63) is 29.3 Å². The van der Waals surface area contributed by atoms with Crippen LogP contribution < -0.4 is 10.1 Å². The lowest BCUT2D eigenvalue weighted by molar-refractivity contribution is 0.0955. The van der Waals surface area contributed by atoms with Gasteiger partial charge in [0.1, 0.15) is 5.75 Å². The number of nitrogens with one attached hydrogen (secondary N) is 1.